The second-order valence-corrected chi connectivity index (χ2v) is 5.36. The first-order valence-corrected chi connectivity index (χ1v) is 6.92. The molecule has 0 N–H and O–H groups in total. The summed E-state index contributed by atoms with van der Waals surface area (Å²) in [6.45, 7) is 3.98. The molecule has 3 heteroatoms. The summed E-state index contributed by atoms with van der Waals surface area (Å²) in [4.78, 5) is 14.7. The van der Waals surface area contributed by atoms with Crippen LogP contribution in [0.2, 0.25) is 0 Å². The molecular weight excluding hydrogens is 262 g/mol. The number of benzene rings is 2. The minimum atomic E-state index is -0.0137. The zero-order chi connectivity index (χ0) is 15.6. The molecule has 110 valence electrons. The molecule has 0 saturated heterocycles. The first-order chi connectivity index (χ1) is 9.95. The zero-order valence-electron chi connectivity index (χ0n) is 13.2. The molecular formula is C18H21NO2. The maximum Gasteiger partial charge on any atom is 0.196 e. The SMILES string of the molecule is COc1c(C(=O)c2ccc(N(C)C)cc2)ccc(C)c1C. The molecule has 0 amide bonds. The van der Waals surface area contributed by atoms with Crippen molar-refractivity contribution in [3.8, 4) is 5.75 Å². The first-order valence-electron chi connectivity index (χ1n) is 6.92. The van der Waals surface area contributed by atoms with Gasteiger partial charge in [-0.2, -0.15) is 0 Å². The lowest BCUT2D eigenvalue weighted by molar-refractivity contribution is 0.103. The number of carbonyl (C=O) groups is 1. The van der Waals surface area contributed by atoms with Gasteiger partial charge in [-0.3, -0.25) is 4.79 Å². The number of hydrogen-bond acceptors (Lipinski definition) is 3. The number of carbonyl (C=O) groups excluding carboxylic acids is 1. The van der Waals surface area contributed by atoms with Gasteiger partial charge in [-0.15, -0.1) is 0 Å². The van der Waals surface area contributed by atoms with E-state index in [1.165, 1.54) is 0 Å². The van der Waals surface area contributed by atoms with E-state index in [9.17, 15) is 4.79 Å². The average molecular weight is 283 g/mol. The third kappa shape index (κ3) is 2.92. The van der Waals surface area contributed by atoms with Crippen molar-refractivity contribution in [1.29, 1.82) is 0 Å². The van der Waals surface area contributed by atoms with Gasteiger partial charge in [0.1, 0.15) is 5.75 Å². The van der Waals surface area contributed by atoms with Crippen molar-refractivity contribution >= 4 is 11.5 Å². The van der Waals surface area contributed by atoms with Crippen molar-refractivity contribution in [2.75, 3.05) is 26.1 Å². The highest BCUT2D eigenvalue weighted by Crippen LogP contribution is 2.28. The Morgan fingerprint density at radius 2 is 1.62 bits per heavy atom. The van der Waals surface area contributed by atoms with Gasteiger partial charge in [-0.1, -0.05) is 6.07 Å². The van der Waals surface area contributed by atoms with E-state index in [1.807, 2.05) is 69.2 Å². The van der Waals surface area contributed by atoms with Crippen LogP contribution in [0.3, 0.4) is 0 Å². The van der Waals surface area contributed by atoms with Crippen molar-refractivity contribution < 1.29 is 9.53 Å². The Labute approximate surface area is 126 Å². The molecule has 0 aliphatic rings. The lowest BCUT2D eigenvalue weighted by atomic mass is 9.97. The van der Waals surface area contributed by atoms with Gasteiger partial charge in [-0.05, 0) is 55.3 Å². The fourth-order valence-corrected chi connectivity index (χ4v) is 2.30. The van der Waals surface area contributed by atoms with Gasteiger partial charge in [0.25, 0.3) is 0 Å². The molecule has 0 aromatic heterocycles. The number of hydrogen-bond donors (Lipinski definition) is 0. The van der Waals surface area contributed by atoms with Crippen LogP contribution in [0.1, 0.15) is 27.0 Å². The molecule has 0 heterocycles. The van der Waals surface area contributed by atoms with Crippen LogP contribution in [0, 0.1) is 13.8 Å². The third-order valence-electron chi connectivity index (χ3n) is 3.77. The average Bonchev–Trinajstić information content (AvgIpc) is 2.49. The van der Waals surface area contributed by atoms with E-state index in [0.717, 1.165) is 16.8 Å². The van der Waals surface area contributed by atoms with E-state index < -0.39 is 0 Å². The maximum atomic E-state index is 12.7. The van der Waals surface area contributed by atoms with E-state index in [1.54, 1.807) is 7.11 Å². The summed E-state index contributed by atoms with van der Waals surface area (Å²) in [6, 6.07) is 11.4. The van der Waals surface area contributed by atoms with Crippen molar-refractivity contribution in [2.24, 2.45) is 0 Å². The minimum Gasteiger partial charge on any atom is -0.496 e. The molecule has 0 bridgehead atoms. The molecule has 2 aromatic rings. The Balaban J connectivity index is 2.42. The van der Waals surface area contributed by atoms with Crippen LogP contribution in [-0.4, -0.2) is 27.0 Å². The van der Waals surface area contributed by atoms with E-state index in [0.29, 0.717) is 16.9 Å². The van der Waals surface area contributed by atoms with E-state index in [4.69, 9.17) is 4.74 Å². The van der Waals surface area contributed by atoms with Gasteiger partial charge in [0.15, 0.2) is 5.78 Å². The Hall–Kier alpha value is -2.29. The van der Waals surface area contributed by atoms with Crippen LogP contribution in [0.15, 0.2) is 36.4 Å². The van der Waals surface area contributed by atoms with Gasteiger partial charge in [-0.25, -0.2) is 0 Å². The van der Waals surface area contributed by atoms with Gasteiger partial charge in [0.2, 0.25) is 0 Å². The quantitative estimate of drug-likeness (QED) is 0.803. The highest BCUT2D eigenvalue weighted by atomic mass is 16.5. The summed E-state index contributed by atoms with van der Waals surface area (Å²) in [5.74, 6) is 0.650. The number of aryl methyl sites for hydroxylation is 1. The molecule has 0 aliphatic heterocycles. The zero-order valence-corrected chi connectivity index (χ0v) is 13.2. The van der Waals surface area contributed by atoms with Crippen LogP contribution < -0.4 is 9.64 Å². The Kier molecular flexibility index (Phi) is 4.32. The summed E-state index contributed by atoms with van der Waals surface area (Å²) in [5.41, 5.74) is 4.47. The number of ketones is 1. The van der Waals surface area contributed by atoms with Crippen molar-refractivity contribution in [3.05, 3.63) is 58.7 Å². The smallest absolute Gasteiger partial charge is 0.196 e. The summed E-state index contributed by atoms with van der Waals surface area (Å²) in [5, 5.41) is 0. The van der Waals surface area contributed by atoms with E-state index >= 15 is 0 Å². The Morgan fingerprint density at radius 1 is 1.00 bits per heavy atom. The normalized spacial score (nSPS) is 10.3. The summed E-state index contributed by atoms with van der Waals surface area (Å²) in [6.07, 6.45) is 0. The number of rotatable bonds is 4. The predicted octanol–water partition coefficient (Wildman–Crippen LogP) is 3.61. The van der Waals surface area contributed by atoms with Crippen molar-refractivity contribution in [1.82, 2.24) is 0 Å². The molecule has 0 radical (unpaired) electrons. The van der Waals surface area contributed by atoms with Crippen LogP contribution in [0.25, 0.3) is 0 Å². The van der Waals surface area contributed by atoms with Crippen LogP contribution in [0.4, 0.5) is 5.69 Å². The van der Waals surface area contributed by atoms with Crippen LogP contribution >= 0.6 is 0 Å². The van der Waals surface area contributed by atoms with Crippen LogP contribution in [-0.2, 0) is 0 Å². The third-order valence-corrected chi connectivity index (χ3v) is 3.77. The number of ether oxygens (including phenoxy) is 1. The lowest BCUT2D eigenvalue weighted by Crippen LogP contribution is -2.09. The van der Waals surface area contributed by atoms with Gasteiger partial charge < -0.3 is 9.64 Å². The molecule has 0 atom stereocenters. The second kappa shape index (κ2) is 6.00. The molecule has 0 fully saturated rings. The minimum absolute atomic E-state index is 0.0137. The standard InChI is InChI=1S/C18H21NO2/c1-12-6-11-16(18(21-5)13(12)2)17(20)14-7-9-15(10-8-14)19(3)4/h6-11H,1-5H3. The molecule has 21 heavy (non-hydrogen) atoms. The first kappa shape index (κ1) is 15.1. The molecule has 0 unspecified atom stereocenters. The highest BCUT2D eigenvalue weighted by Gasteiger charge is 2.17. The van der Waals surface area contributed by atoms with Gasteiger partial charge in [0.05, 0.1) is 12.7 Å². The summed E-state index contributed by atoms with van der Waals surface area (Å²) >= 11 is 0. The Morgan fingerprint density at radius 3 is 2.14 bits per heavy atom. The van der Waals surface area contributed by atoms with Crippen LogP contribution in [0.5, 0.6) is 5.75 Å². The largest absolute Gasteiger partial charge is 0.496 e. The van der Waals surface area contributed by atoms with Crippen molar-refractivity contribution in [3.63, 3.8) is 0 Å². The fourth-order valence-electron chi connectivity index (χ4n) is 2.30. The molecule has 0 aliphatic carbocycles. The summed E-state index contributed by atoms with van der Waals surface area (Å²) in [7, 11) is 5.56. The predicted molar refractivity (Wildman–Crippen MR) is 86.7 cm³/mol. The van der Waals surface area contributed by atoms with E-state index in [-0.39, 0.29) is 5.78 Å². The van der Waals surface area contributed by atoms with Gasteiger partial charge >= 0.3 is 0 Å². The monoisotopic (exact) mass is 283 g/mol. The highest BCUT2D eigenvalue weighted by molar-refractivity contribution is 6.11. The topological polar surface area (TPSA) is 29.5 Å². The van der Waals surface area contributed by atoms with Crippen molar-refractivity contribution in [2.45, 2.75) is 13.8 Å². The van der Waals surface area contributed by atoms with Gasteiger partial charge in [0, 0.05) is 25.3 Å². The molecule has 3 nitrogen and oxygen atoms in total. The molecule has 2 aromatic carbocycles. The molecule has 0 saturated carbocycles. The second-order valence-electron chi connectivity index (χ2n) is 5.36. The number of nitrogens with zero attached hydrogens (tertiary/aromatic N) is 1. The molecule has 2 rings (SSSR count). The molecule has 0 spiro atoms. The maximum absolute atomic E-state index is 12.7. The number of anilines is 1. The number of methoxy groups -OCH3 is 1. The Bertz CT molecular complexity index is 658. The van der Waals surface area contributed by atoms with E-state index in [2.05, 4.69) is 0 Å². The summed E-state index contributed by atoms with van der Waals surface area (Å²) < 4.78 is 5.43. The lowest BCUT2D eigenvalue weighted by Gasteiger charge is -2.14. The fraction of sp³-hybridized carbons (Fsp3) is 0.278.